The van der Waals surface area contributed by atoms with Gasteiger partial charge in [-0.1, -0.05) is 60.7 Å². The summed E-state index contributed by atoms with van der Waals surface area (Å²) in [6.45, 7) is 4.19. The number of H-pyrrole nitrogens is 1. The highest BCUT2D eigenvalue weighted by Gasteiger charge is 2.16. The second kappa shape index (κ2) is 9.05. The maximum Gasteiger partial charge on any atom is 0.306 e. The summed E-state index contributed by atoms with van der Waals surface area (Å²) in [5, 5.41) is 14.2. The Bertz CT molecular complexity index is 956. The van der Waals surface area contributed by atoms with E-state index in [-0.39, 0.29) is 17.5 Å². The van der Waals surface area contributed by atoms with Crippen molar-refractivity contribution < 1.29 is 5.11 Å². The highest BCUT2D eigenvalue weighted by atomic mass is 35.5. The highest BCUT2D eigenvalue weighted by molar-refractivity contribution is 7.98. The number of thioether (sulfide) groups is 1. The van der Waals surface area contributed by atoms with Crippen LogP contribution in [0.1, 0.15) is 25.8 Å². The smallest absolute Gasteiger partial charge is 0.306 e. The summed E-state index contributed by atoms with van der Waals surface area (Å²) in [5.74, 6) is 1.70. The van der Waals surface area contributed by atoms with E-state index in [1.807, 2.05) is 24.3 Å². The van der Waals surface area contributed by atoms with E-state index in [1.54, 1.807) is 0 Å². The third-order valence-electron chi connectivity index (χ3n) is 3.86. The standard InChI is InChI=1S/C18H21ClN4O2S2/c1-10(2)7-13(8-24)20-15-14-16(23-18(25)27-14)22-17(21-15)26-9-11-3-5-12(19)6-4-11/h3-6,10,13,24H,7-9H2,1-2H3,(H2,20,21,22,23,25). The van der Waals surface area contributed by atoms with Gasteiger partial charge in [0.05, 0.1) is 12.6 Å². The maximum atomic E-state index is 11.8. The Morgan fingerprint density at radius 2 is 2.04 bits per heavy atom. The molecule has 6 nitrogen and oxygen atoms in total. The summed E-state index contributed by atoms with van der Waals surface area (Å²) >= 11 is 8.47. The van der Waals surface area contributed by atoms with E-state index in [2.05, 4.69) is 34.1 Å². The summed E-state index contributed by atoms with van der Waals surface area (Å²) < 4.78 is 0.679. The van der Waals surface area contributed by atoms with Gasteiger partial charge in [0.2, 0.25) is 0 Å². The van der Waals surface area contributed by atoms with E-state index >= 15 is 0 Å². The average Bonchev–Trinajstić information content (AvgIpc) is 3.00. The van der Waals surface area contributed by atoms with Gasteiger partial charge < -0.3 is 10.4 Å². The number of hydrogen-bond acceptors (Lipinski definition) is 7. The zero-order valence-electron chi connectivity index (χ0n) is 15.0. The Kier molecular flexibility index (Phi) is 6.75. The fourth-order valence-corrected chi connectivity index (χ4v) is 4.31. The quantitative estimate of drug-likeness (QED) is 0.372. The van der Waals surface area contributed by atoms with E-state index in [0.717, 1.165) is 23.3 Å². The van der Waals surface area contributed by atoms with Crippen LogP contribution in [0.25, 0.3) is 10.3 Å². The fourth-order valence-electron chi connectivity index (χ4n) is 2.66. The molecule has 0 aliphatic rings. The molecule has 3 N–H and O–H groups in total. The van der Waals surface area contributed by atoms with Crippen molar-refractivity contribution >= 4 is 50.9 Å². The number of fused-ring (bicyclic) bond motifs is 1. The van der Waals surface area contributed by atoms with Crippen LogP contribution in [0.5, 0.6) is 0 Å². The van der Waals surface area contributed by atoms with Crippen LogP contribution in [0.3, 0.4) is 0 Å². The topological polar surface area (TPSA) is 90.9 Å². The van der Waals surface area contributed by atoms with Crippen LogP contribution in [0, 0.1) is 5.92 Å². The minimum atomic E-state index is -0.174. The summed E-state index contributed by atoms with van der Waals surface area (Å²) in [7, 11) is 0. The molecule has 27 heavy (non-hydrogen) atoms. The minimum Gasteiger partial charge on any atom is -0.394 e. The number of nitrogens with zero attached hydrogens (tertiary/aromatic N) is 2. The van der Waals surface area contributed by atoms with Crippen LogP contribution in [0.4, 0.5) is 5.82 Å². The van der Waals surface area contributed by atoms with E-state index < -0.39 is 0 Å². The summed E-state index contributed by atoms with van der Waals surface area (Å²) in [5.41, 5.74) is 1.62. The van der Waals surface area contributed by atoms with E-state index in [4.69, 9.17) is 11.6 Å². The number of aliphatic hydroxyl groups is 1. The van der Waals surface area contributed by atoms with Gasteiger partial charge in [-0.2, -0.15) is 0 Å². The molecule has 3 aromatic rings. The lowest BCUT2D eigenvalue weighted by Gasteiger charge is -2.19. The SMILES string of the molecule is CC(C)CC(CO)Nc1nc(SCc2ccc(Cl)cc2)nc2[nH]c(=O)sc12. The zero-order chi connectivity index (χ0) is 19.4. The molecule has 0 aliphatic heterocycles. The predicted molar refractivity (Wildman–Crippen MR) is 113 cm³/mol. The van der Waals surface area contributed by atoms with Gasteiger partial charge in [-0.05, 0) is 30.0 Å². The first-order valence-corrected chi connectivity index (χ1v) is 10.8. The van der Waals surface area contributed by atoms with Crippen LogP contribution in [-0.2, 0) is 5.75 Å². The molecule has 3 rings (SSSR count). The lowest BCUT2D eigenvalue weighted by Crippen LogP contribution is -2.26. The summed E-state index contributed by atoms with van der Waals surface area (Å²) in [6.07, 6.45) is 0.800. The number of hydrogen-bond donors (Lipinski definition) is 3. The first-order valence-electron chi connectivity index (χ1n) is 8.60. The van der Waals surface area contributed by atoms with E-state index in [9.17, 15) is 9.90 Å². The molecule has 144 valence electrons. The normalized spacial score (nSPS) is 12.6. The molecular formula is C18H21ClN4O2S2. The number of aliphatic hydroxyl groups excluding tert-OH is 1. The summed E-state index contributed by atoms with van der Waals surface area (Å²) in [4.78, 5) is 23.4. The Balaban J connectivity index is 1.85. The molecule has 0 aliphatic carbocycles. The number of nitrogens with one attached hydrogen (secondary N) is 2. The van der Waals surface area contributed by atoms with Gasteiger partial charge >= 0.3 is 4.87 Å². The lowest BCUT2D eigenvalue weighted by atomic mass is 10.0. The molecule has 1 aromatic carbocycles. The number of anilines is 1. The molecule has 0 spiro atoms. The van der Waals surface area contributed by atoms with Gasteiger partial charge in [-0.3, -0.25) is 9.78 Å². The Labute approximate surface area is 170 Å². The zero-order valence-corrected chi connectivity index (χ0v) is 17.4. The molecule has 0 saturated carbocycles. The largest absolute Gasteiger partial charge is 0.394 e. The number of aromatic nitrogens is 3. The molecule has 0 amide bonds. The molecule has 0 radical (unpaired) electrons. The Morgan fingerprint density at radius 1 is 1.30 bits per heavy atom. The number of rotatable bonds is 8. The fraction of sp³-hybridized carbons (Fsp3) is 0.389. The molecule has 9 heteroatoms. The molecule has 1 unspecified atom stereocenters. The van der Waals surface area contributed by atoms with Crippen molar-refractivity contribution in [2.24, 2.45) is 5.92 Å². The number of aromatic amines is 1. The maximum absolute atomic E-state index is 11.8. The second-order valence-electron chi connectivity index (χ2n) is 6.62. The van der Waals surface area contributed by atoms with Crippen molar-refractivity contribution in [2.45, 2.75) is 37.2 Å². The van der Waals surface area contributed by atoms with Crippen LogP contribution in [0.15, 0.2) is 34.2 Å². The number of thiazole rings is 1. The van der Waals surface area contributed by atoms with Crippen molar-refractivity contribution in [1.82, 2.24) is 15.0 Å². The van der Waals surface area contributed by atoms with Gasteiger partial charge in [0.15, 0.2) is 16.6 Å². The lowest BCUT2D eigenvalue weighted by molar-refractivity contribution is 0.259. The Morgan fingerprint density at radius 3 is 2.70 bits per heavy atom. The molecule has 0 fully saturated rings. The minimum absolute atomic E-state index is 0.00372. The molecular weight excluding hydrogens is 404 g/mol. The molecule has 1 atom stereocenters. The first-order chi connectivity index (χ1) is 12.9. The van der Waals surface area contributed by atoms with Crippen LogP contribution in [-0.4, -0.2) is 32.7 Å². The monoisotopic (exact) mass is 424 g/mol. The van der Waals surface area contributed by atoms with Gasteiger partial charge in [-0.25, -0.2) is 9.97 Å². The van der Waals surface area contributed by atoms with Crippen molar-refractivity contribution in [3.05, 3.63) is 44.5 Å². The highest BCUT2D eigenvalue weighted by Crippen LogP contribution is 2.28. The van der Waals surface area contributed by atoms with Gasteiger partial charge in [-0.15, -0.1) is 0 Å². The van der Waals surface area contributed by atoms with E-state index in [1.165, 1.54) is 11.8 Å². The van der Waals surface area contributed by atoms with Crippen molar-refractivity contribution in [3.8, 4) is 0 Å². The van der Waals surface area contributed by atoms with Crippen molar-refractivity contribution in [2.75, 3.05) is 11.9 Å². The number of benzene rings is 1. The van der Waals surface area contributed by atoms with Crippen LogP contribution in [0.2, 0.25) is 5.02 Å². The predicted octanol–water partition coefficient (Wildman–Crippen LogP) is 4.14. The number of halogens is 1. The van der Waals surface area contributed by atoms with Crippen LogP contribution >= 0.6 is 34.7 Å². The molecule has 0 bridgehead atoms. The molecule has 2 aromatic heterocycles. The third-order valence-corrected chi connectivity index (χ3v) is 5.91. The average molecular weight is 425 g/mol. The van der Waals surface area contributed by atoms with Crippen molar-refractivity contribution in [3.63, 3.8) is 0 Å². The first kappa shape index (κ1) is 20.1. The van der Waals surface area contributed by atoms with Crippen LogP contribution < -0.4 is 10.2 Å². The third kappa shape index (κ3) is 5.44. The molecule has 2 heterocycles. The Hall–Kier alpha value is -1.61. The van der Waals surface area contributed by atoms with Gasteiger partial charge in [0.25, 0.3) is 0 Å². The van der Waals surface area contributed by atoms with Gasteiger partial charge in [0, 0.05) is 10.8 Å². The molecule has 0 saturated heterocycles. The van der Waals surface area contributed by atoms with Crippen molar-refractivity contribution in [1.29, 1.82) is 0 Å². The summed E-state index contributed by atoms with van der Waals surface area (Å²) in [6, 6.07) is 7.49. The van der Waals surface area contributed by atoms with E-state index in [0.29, 0.717) is 38.0 Å². The second-order valence-corrected chi connectivity index (χ2v) is 8.98. The van der Waals surface area contributed by atoms with Gasteiger partial charge in [0.1, 0.15) is 4.70 Å².